The molecule has 1 aromatic heterocycles. The second kappa shape index (κ2) is 7.56. The van der Waals surface area contributed by atoms with E-state index in [0.717, 1.165) is 16.8 Å². The van der Waals surface area contributed by atoms with E-state index in [9.17, 15) is 27.9 Å². The van der Waals surface area contributed by atoms with Gasteiger partial charge in [0.05, 0.1) is 23.8 Å². The summed E-state index contributed by atoms with van der Waals surface area (Å²) >= 11 is 0. The molecule has 0 saturated heterocycles. The minimum absolute atomic E-state index is 0.0423. The van der Waals surface area contributed by atoms with Crippen molar-refractivity contribution >= 4 is 18.7 Å². The van der Waals surface area contributed by atoms with Gasteiger partial charge in [-0.3, -0.25) is 14.7 Å². The van der Waals surface area contributed by atoms with E-state index in [1.165, 1.54) is 26.0 Å². The number of rotatable bonds is 7. The number of hydrogen-bond acceptors (Lipinski definition) is 6. The van der Waals surface area contributed by atoms with E-state index in [1.807, 2.05) is 0 Å². The third-order valence-corrected chi connectivity index (χ3v) is 5.24. The highest BCUT2D eigenvalue weighted by Crippen LogP contribution is 2.48. The Bertz CT molecular complexity index is 825. The summed E-state index contributed by atoms with van der Waals surface area (Å²) in [5, 5.41) is 14.2. The fraction of sp³-hybridized carbons (Fsp3) is 0.357. The van der Waals surface area contributed by atoms with Gasteiger partial charge in [0.25, 0.3) is 5.69 Å². The average Bonchev–Trinajstić information content (AvgIpc) is 3.01. The minimum atomic E-state index is -4.79. The summed E-state index contributed by atoms with van der Waals surface area (Å²) in [5.74, 6) is 0. The minimum Gasteiger partial charge on any atom is -0.304 e. The molecule has 1 aromatic carbocycles. The molecule has 0 spiro atoms. The highest BCUT2D eigenvalue weighted by atomic mass is 31.2. The number of nitrogens with zero attached hydrogens (tertiary/aromatic N) is 3. The van der Waals surface area contributed by atoms with E-state index in [2.05, 4.69) is 5.10 Å². The van der Waals surface area contributed by atoms with Crippen LogP contribution in [0.5, 0.6) is 0 Å². The maximum atomic E-state index is 13.1. The lowest BCUT2D eigenvalue weighted by Gasteiger charge is -2.18. The molecule has 0 bridgehead atoms. The molecule has 0 unspecified atom stereocenters. The van der Waals surface area contributed by atoms with Crippen molar-refractivity contribution in [2.75, 3.05) is 13.2 Å². The van der Waals surface area contributed by atoms with Gasteiger partial charge >= 0.3 is 13.8 Å². The molecule has 26 heavy (non-hydrogen) atoms. The maximum Gasteiger partial charge on any atom is 0.435 e. The lowest BCUT2D eigenvalue weighted by molar-refractivity contribution is -0.384. The zero-order valence-electron chi connectivity index (χ0n) is 13.8. The van der Waals surface area contributed by atoms with Crippen LogP contribution in [0.15, 0.2) is 30.3 Å². The van der Waals surface area contributed by atoms with Crippen LogP contribution in [0.2, 0.25) is 0 Å². The van der Waals surface area contributed by atoms with E-state index in [-0.39, 0.29) is 24.6 Å². The van der Waals surface area contributed by atoms with Gasteiger partial charge in [-0.25, -0.2) is 4.68 Å². The first-order valence-corrected chi connectivity index (χ1v) is 8.98. The summed E-state index contributed by atoms with van der Waals surface area (Å²) in [7, 11) is -4.09. The number of nitro groups is 1. The fourth-order valence-electron chi connectivity index (χ4n) is 2.12. The zero-order chi connectivity index (χ0) is 19.5. The second-order valence-corrected chi connectivity index (χ2v) is 6.87. The van der Waals surface area contributed by atoms with Crippen LogP contribution >= 0.6 is 7.60 Å². The molecule has 0 aliphatic rings. The van der Waals surface area contributed by atoms with Crippen LogP contribution in [0.3, 0.4) is 0 Å². The fourth-order valence-corrected chi connectivity index (χ4v) is 3.81. The summed E-state index contributed by atoms with van der Waals surface area (Å²) in [4.78, 5) is 10.1. The number of alkyl halides is 3. The van der Waals surface area contributed by atoms with Crippen molar-refractivity contribution in [2.24, 2.45) is 0 Å². The van der Waals surface area contributed by atoms with Crippen molar-refractivity contribution in [3.8, 4) is 5.69 Å². The molecule has 1 heterocycles. The Morgan fingerprint density at radius 1 is 1.19 bits per heavy atom. The summed E-state index contributed by atoms with van der Waals surface area (Å²) in [6.07, 6.45) is -4.79. The predicted molar refractivity (Wildman–Crippen MR) is 85.7 cm³/mol. The van der Waals surface area contributed by atoms with E-state index in [1.54, 1.807) is 0 Å². The molecule has 0 atom stereocenters. The van der Waals surface area contributed by atoms with Gasteiger partial charge in [-0.15, -0.1) is 0 Å². The van der Waals surface area contributed by atoms with Gasteiger partial charge in [0, 0.05) is 18.2 Å². The van der Waals surface area contributed by atoms with Crippen LogP contribution in [0.4, 0.5) is 18.9 Å². The number of hydrogen-bond donors (Lipinski definition) is 0. The lowest BCUT2D eigenvalue weighted by atomic mass is 10.3. The van der Waals surface area contributed by atoms with E-state index in [0.29, 0.717) is 6.07 Å². The second-order valence-electron chi connectivity index (χ2n) is 4.90. The molecule has 2 aromatic rings. The molecule has 0 amide bonds. The van der Waals surface area contributed by atoms with Gasteiger partial charge in [0.15, 0.2) is 11.1 Å². The van der Waals surface area contributed by atoms with Crippen LogP contribution in [-0.4, -0.2) is 27.9 Å². The first-order chi connectivity index (χ1) is 12.1. The Labute approximate surface area is 146 Å². The highest BCUT2D eigenvalue weighted by molar-refractivity contribution is 7.62. The topological polar surface area (TPSA) is 96.5 Å². The van der Waals surface area contributed by atoms with Gasteiger partial charge in [-0.05, 0) is 26.0 Å². The third kappa shape index (κ3) is 4.12. The standard InChI is InChI=1S/C14H15F3N3O5P/c1-3-24-26(23,25-4-2)13-9-12(14(15,16)17)18-19(13)10-5-7-11(8-6-10)20(21)22/h5-9H,3-4H2,1-2H3. The Morgan fingerprint density at radius 3 is 2.15 bits per heavy atom. The Morgan fingerprint density at radius 2 is 1.73 bits per heavy atom. The van der Waals surface area contributed by atoms with Crippen LogP contribution < -0.4 is 5.44 Å². The Balaban J connectivity index is 2.65. The predicted octanol–water partition coefficient (Wildman–Crippen LogP) is 3.69. The first kappa shape index (κ1) is 20.1. The SMILES string of the molecule is CCOP(=O)(OCC)c1cc(C(F)(F)F)nn1-c1ccc([N+](=O)[O-])cc1. The smallest absolute Gasteiger partial charge is 0.304 e. The molecule has 142 valence electrons. The van der Waals surface area contributed by atoms with Crippen molar-refractivity contribution in [3.63, 3.8) is 0 Å². The molecule has 2 rings (SSSR count). The first-order valence-electron chi connectivity index (χ1n) is 7.44. The van der Waals surface area contributed by atoms with Crippen LogP contribution in [0.25, 0.3) is 5.69 Å². The third-order valence-electron chi connectivity index (χ3n) is 3.16. The molecular formula is C14H15F3N3O5P. The number of aromatic nitrogens is 2. The molecule has 0 N–H and O–H groups in total. The lowest BCUT2D eigenvalue weighted by Crippen LogP contribution is -2.20. The summed E-state index contributed by atoms with van der Waals surface area (Å²) < 4.78 is 63.2. The molecule has 0 saturated carbocycles. The maximum absolute atomic E-state index is 13.1. The van der Waals surface area contributed by atoms with Gasteiger partial charge in [-0.1, -0.05) is 0 Å². The van der Waals surface area contributed by atoms with Crippen molar-refractivity contribution in [3.05, 3.63) is 46.1 Å². The van der Waals surface area contributed by atoms with E-state index < -0.39 is 29.8 Å². The molecular weight excluding hydrogens is 378 g/mol. The molecule has 0 aliphatic heterocycles. The Kier molecular flexibility index (Phi) is 5.84. The van der Waals surface area contributed by atoms with Crippen molar-refractivity contribution < 1.29 is 31.7 Å². The quantitative estimate of drug-likeness (QED) is 0.404. The Hall–Kier alpha value is -2.23. The average molecular weight is 393 g/mol. The molecule has 0 fully saturated rings. The number of halogens is 3. The summed E-state index contributed by atoms with van der Waals surface area (Å²) in [5.41, 5.74) is -1.91. The van der Waals surface area contributed by atoms with Crippen LogP contribution in [-0.2, 0) is 19.8 Å². The number of benzene rings is 1. The van der Waals surface area contributed by atoms with Gasteiger partial charge in [0.2, 0.25) is 0 Å². The zero-order valence-corrected chi connectivity index (χ0v) is 14.7. The number of nitro benzene ring substituents is 1. The molecule has 8 nitrogen and oxygen atoms in total. The molecule has 0 aliphatic carbocycles. The number of non-ortho nitro benzene ring substituents is 1. The van der Waals surface area contributed by atoms with Crippen LogP contribution in [0.1, 0.15) is 19.5 Å². The molecule has 12 heteroatoms. The van der Waals surface area contributed by atoms with Gasteiger partial charge in [0.1, 0.15) is 0 Å². The largest absolute Gasteiger partial charge is 0.435 e. The van der Waals surface area contributed by atoms with E-state index >= 15 is 0 Å². The van der Waals surface area contributed by atoms with Crippen molar-refractivity contribution in [1.82, 2.24) is 9.78 Å². The summed E-state index contributed by atoms with van der Waals surface area (Å²) in [6, 6.07) is 5.17. The van der Waals surface area contributed by atoms with E-state index in [4.69, 9.17) is 9.05 Å². The molecule has 0 radical (unpaired) electrons. The van der Waals surface area contributed by atoms with Crippen molar-refractivity contribution in [2.45, 2.75) is 20.0 Å². The van der Waals surface area contributed by atoms with Gasteiger partial charge in [-0.2, -0.15) is 18.3 Å². The summed E-state index contributed by atoms with van der Waals surface area (Å²) in [6.45, 7) is 2.90. The normalized spacial score (nSPS) is 12.3. The monoisotopic (exact) mass is 393 g/mol. The van der Waals surface area contributed by atoms with Gasteiger partial charge < -0.3 is 9.05 Å². The van der Waals surface area contributed by atoms with Crippen LogP contribution in [0, 0.1) is 10.1 Å². The van der Waals surface area contributed by atoms with Crippen molar-refractivity contribution in [1.29, 1.82) is 0 Å². The highest BCUT2D eigenvalue weighted by Gasteiger charge is 2.40.